The van der Waals surface area contributed by atoms with E-state index in [0.29, 0.717) is 18.0 Å². The van der Waals surface area contributed by atoms with Crippen molar-refractivity contribution in [2.24, 2.45) is 0 Å². The van der Waals surface area contributed by atoms with Crippen LogP contribution in [0.1, 0.15) is 46.1 Å². The second kappa shape index (κ2) is 8.79. The van der Waals surface area contributed by atoms with E-state index in [1.54, 1.807) is 24.0 Å². The topological polar surface area (TPSA) is 49.4 Å². The number of carbonyl (C=O) groups excluding carboxylic acids is 2. The molecule has 0 bridgehead atoms. The van der Waals surface area contributed by atoms with E-state index in [0.717, 1.165) is 12.0 Å². The minimum Gasteiger partial charge on any atom is -0.352 e. The van der Waals surface area contributed by atoms with Crippen molar-refractivity contribution in [2.45, 2.75) is 59.2 Å². The van der Waals surface area contributed by atoms with Crippen LogP contribution in [0.25, 0.3) is 0 Å². The summed E-state index contributed by atoms with van der Waals surface area (Å²) in [7, 11) is 0. The van der Waals surface area contributed by atoms with Crippen molar-refractivity contribution in [1.29, 1.82) is 0 Å². The quantitative estimate of drug-likeness (QED) is 0.836. The molecule has 0 saturated heterocycles. The van der Waals surface area contributed by atoms with Gasteiger partial charge in [0.2, 0.25) is 11.8 Å². The van der Waals surface area contributed by atoms with Crippen LogP contribution in [0.5, 0.6) is 0 Å². The summed E-state index contributed by atoms with van der Waals surface area (Å²) in [6.45, 7) is 7.94. The molecule has 0 fully saturated rings. The van der Waals surface area contributed by atoms with Crippen LogP contribution in [0.3, 0.4) is 0 Å². The van der Waals surface area contributed by atoms with Gasteiger partial charge in [-0.05, 0) is 44.9 Å². The predicted octanol–water partition coefficient (Wildman–Crippen LogP) is 3.38. The summed E-state index contributed by atoms with van der Waals surface area (Å²) in [5.74, 6) is -0.141. The maximum absolute atomic E-state index is 12.4. The van der Waals surface area contributed by atoms with E-state index < -0.39 is 6.04 Å². The first kappa shape index (κ1) is 18.5. The second-order valence-electron chi connectivity index (χ2n) is 5.74. The Labute approximate surface area is 137 Å². The molecule has 1 N–H and O–H groups in total. The number of hydrogen-bond donors (Lipinski definition) is 1. The summed E-state index contributed by atoms with van der Waals surface area (Å²) in [6, 6.07) is 6.88. The Morgan fingerprint density at radius 2 is 1.77 bits per heavy atom. The number of carbonyl (C=O) groups is 2. The zero-order valence-electron chi connectivity index (χ0n) is 13.7. The zero-order valence-corrected chi connectivity index (χ0v) is 14.5. The fraction of sp³-hybridized carbons (Fsp3) is 0.529. The first-order chi connectivity index (χ1) is 10.3. The molecule has 1 atom stereocenters. The van der Waals surface area contributed by atoms with Gasteiger partial charge in [-0.2, -0.15) is 0 Å². The summed E-state index contributed by atoms with van der Waals surface area (Å²) < 4.78 is 0. The van der Waals surface area contributed by atoms with Crippen LogP contribution in [0.15, 0.2) is 24.3 Å². The van der Waals surface area contributed by atoms with E-state index in [1.807, 2.05) is 32.9 Å². The number of benzene rings is 1. The lowest BCUT2D eigenvalue weighted by Crippen LogP contribution is -2.49. The number of amides is 2. The van der Waals surface area contributed by atoms with Crippen LogP contribution in [-0.4, -0.2) is 28.8 Å². The molecule has 1 aromatic rings. The van der Waals surface area contributed by atoms with Crippen molar-refractivity contribution in [2.75, 3.05) is 0 Å². The van der Waals surface area contributed by atoms with Gasteiger partial charge in [0, 0.05) is 24.0 Å². The van der Waals surface area contributed by atoms with E-state index in [9.17, 15) is 9.59 Å². The number of rotatable bonds is 7. The standard InChI is InChI=1S/C17H25ClN2O2/c1-5-6-16(21)20(13(4)17(22)19-12(2)3)11-14-7-9-15(18)10-8-14/h7-10,12-13H,5-6,11H2,1-4H3,(H,19,22)/t13-/m0/s1. The molecule has 1 aromatic carbocycles. The Morgan fingerprint density at radius 3 is 2.27 bits per heavy atom. The molecule has 1 rings (SSSR count). The minimum atomic E-state index is -0.503. The van der Waals surface area contributed by atoms with Gasteiger partial charge in [-0.25, -0.2) is 0 Å². The van der Waals surface area contributed by atoms with Crippen molar-refractivity contribution in [3.63, 3.8) is 0 Å². The SMILES string of the molecule is CCCC(=O)N(Cc1ccc(Cl)cc1)[C@@H](C)C(=O)NC(C)C. The van der Waals surface area contributed by atoms with E-state index >= 15 is 0 Å². The van der Waals surface area contributed by atoms with Gasteiger partial charge in [0.25, 0.3) is 0 Å². The van der Waals surface area contributed by atoms with Gasteiger partial charge in [0.1, 0.15) is 6.04 Å². The highest BCUT2D eigenvalue weighted by molar-refractivity contribution is 6.30. The third kappa shape index (κ3) is 5.68. The Hall–Kier alpha value is -1.55. The molecule has 0 spiro atoms. The van der Waals surface area contributed by atoms with Gasteiger partial charge < -0.3 is 10.2 Å². The summed E-state index contributed by atoms with van der Waals surface area (Å²) in [5.41, 5.74) is 0.957. The lowest BCUT2D eigenvalue weighted by molar-refractivity contribution is -0.140. The molecule has 0 aliphatic rings. The molecule has 5 heteroatoms. The Morgan fingerprint density at radius 1 is 1.18 bits per heavy atom. The highest BCUT2D eigenvalue weighted by atomic mass is 35.5. The highest BCUT2D eigenvalue weighted by Gasteiger charge is 2.25. The Balaban J connectivity index is 2.89. The van der Waals surface area contributed by atoms with Crippen LogP contribution in [0.2, 0.25) is 5.02 Å². The second-order valence-corrected chi connectivity index (χ2v) is 6.17. The average Bonchev–Trinajstić information content (AvgIpc) is 2.45. The number of halogens is 1. The predicted molar refractivity (Wildman–Crippen MR) is 89.7 cm³/mol. The summed E-state index contributed by atoms with van der Waals surface area (Å²) in [6.07, 6.45) is 1.20. The van der Waals surface area contributed by atoms with Crippen molar-refractivity contribution >= 4 is 23.4 Å². The maximum atomic E-state index is 12.4. The van der Waals surface area contributed by atoms with E-state index in [2.05, 4.69) is 5.32 Å². The monoisotopic (exact) mass is 324 g/mol. The van der Waals surface area contributed by atoms with Gasteiger partial charge in [-0.15, -0.1) is 0 Å². The van der Waals surface area contributed by atoms with Crippen molar-refractivity contribution in [3.8, 4) is 0 Å². The smallest absolute Gasteiger partial charge is 0.242 e. The van der Waals surface area contributed by atoms with Crippen LogP contribution in [-0.2, 0) is 16.1 Å². The van der Waals surface area contributed by atoms with E-state index in [4.69, 9.17) is 11.6 Å². The summed E-state index contributed by atoms with van der Waals surface area (Å²) >= 11 is 5.89. The molecular weight excluding hydrogens is 300 g/mol. The molecule has 0 aliphatic heterocycles. The molecule has 0 heterocycles. The number of hydrogen-bond acceptors (Lipinski definition) is 2. The number of nitrogens with zero attached hydrogens (tertiary/aromatic N) is 1. The molecule has 0 aromatic heterocycles. The van der Waals surface area contributed by atoms with Crippen molar-refractivity contribution < 1.29 is 9.59 Å². The third-order valence-electron chi connectivity index (χ3n) is 3.33. The lowest BCUT2D eigenvalue weighted by atomic mass is 10.1. The van der Waals surface area contributed by atoms with E-state index in [1.165, 1.54) is 0 Å². The molecule has 0 unspecified atom stereocenters. The first-order valence-corrected chi connectivity index (χ1v) is 8.07. The molecule has 4 nitrogen and oxygen atoms in total. The van der Waals surface area contributed by atoms with Crippen molar-refractivity contribution in [3.05, 3.63) is 34.9 Å². The van der Waals surface area contributed by atoms with Gasteiger partial charge in [-0.3, -0.25) is 9.59 Å². The highest BCUT2D eigenvalue weighted by Crippen LogP contribution is 2.15. The van der Waals surface area contributed by atoms with Gasteiger partial charge in [0.05, 0.1) is 0 Å². The van der Waals surface area contributed by atoms with Crippen LogP contribution in [0, 0.1) is 0 Å². The van der Waals surface area contributed by atoms with E-state index in [-0.39, 0.29) is 17.9 Å². The lowest BCUT2D eigenvalue weighted by Gasteiger charge is -2.29. The largest absolute Gasteiger partial charge is 0.352 e. The molecule has 0 aliphatic carbocycles. The minimum absolute atomic E-state index is 0.0103. The summed E-state index contributed by atoms with van der Waals surface area (Å²) in [5, 5.41) is 3.51. The van der Waals surface area contributed by atoms with Crippen LogP contribution < -0.4 is 5.32 Å². The maximum Gasteiger partial charge on any atom is 0.242 e. The van der Waals surface area contributed by atoms with Gasteiger partial charge >= 0.3 is 0 Å². The fourth-order valence-corrected chi connectivity index (χ4v) is 2.26. The van der Waals surface area contributed by atoms with Gasteiger partial charge in [-0.1, -0.05) is 30.7 Å². The third-order valence-corrected chi connectivity index (χ3v) is 3.58. The van der Waals surface area contributed by atoms with Crippen LogP contribution in [0.4, 0.5) is 0 Å². The number of nitrogens with one attached hydrogen (secondary N) is 1. The molecule has 122 valence electrons. The molecule has 0 saturated carbocycles. The van der Waals surface area contributed by atoms with Crippen molar-refractivity contribution in [1.82, 2.24) is 10.2 Å². The fourth-order valence-electron chi connectivity index (χ4n) is 2.13. The molecule has 22 heavy (non-hydrogen) atoms. The Bertz CT molecular complexity index is 500. The molecule has 0 radical (unpaired) electrons. The van der Waals surface area contributed by atoms with Crippen LogP contribution >= 0.6 is 11.6 Å². The normalized spacial score (nSPS) is 12.1. The zero-order chi connectivity index (χ0) is 16.7. The van der Waals surface area contributed by atoms with Gasteiger partial charge in [0.15, 0.2) is 0 Å². The average molecular weight is 325 g/mol. The first-order valence-electron chi connectivity index (χ1n) is 7.69. The molecule has 2 amide bonds. The Kier molecular flexibility index (Phi) is 7.39. The molecular formula is C17H25ClN2O2. The summed E-state index contributed by atoms with van der Waals surface area (Å²) in [4.78, 5) is 26.2.